The third-order valence-corrected chi connectivity index (χ3v) is 4.33. The predicted molar refractivity (Wildman–Crippen MR) is 119 cm³/mol. The molecule has 0 saturated heterocycles. The van der Waals surface area contributed by atoms with Gasteiger partial charge in [-0.1, -0.05) is 39.2 Å². The van der Waals surface area contributed by atoms with Crippen LogP contribution in [0.25, 0.3) is 0 Å². The van der Waals surface area contributed by atoms with E-state index in [1.807, 2.05) is 42.5 Å². The Labute approximate surface area is 173 Å². The van der Waals surface area contributed by atoms with Gasteiger partial charge in [0.15, 0.2) is 0 Å². The van der Waals surface area contributed by atoms with Gasteiger partial charge in [-0.05, 0) is 48.9 Å². The number of hydrogen-bond acceptors (Lipinski definition) is 4. The molecule has 0 aliphatic heterocycles. The van der Waals surface area contributed by atoms with Crippen molar-refractivity contribution in [1.29, 1.82) is 0 Å². The molecule has 2 aromatic rings. The fourth-order valence-corrected chi connectivity index (χ4v) is 2.70. The number of ether oxygens (including phenoxy) is 1. The number of unbranched alkanes of at least 4 members (excludes halogenated alkanes) is 3. The topological polar surface area (TPSA) is 79.5 Å². The summed E-state index contributed by atoms with van der Waals surface area (Å²) in [6, 6.07) is 14.7. The summed E-state index contributed by atoms with van der Waals surface area (Å²) in [5, 5.41) is 8.71. The molecule has 0 bridgehead atoms. The van der Waals surface area contributed by atoms with Crippen LogP contribution in [0.2, 0.25) is 0 Å². The molecule has 0 aromatic heterocycles. The quantitative estimate of drug-likeness (QED) is 0.438. The Kier molecular flexibility index (Phi) is 9.55. The minimum Gasteiger partial charge on any atom is -0.494 e. The van der Waals surface area contributed by atoms with Gasteiger partial charge in [0.1, 0.15) is 5.75 Å². The minimum absolute atomic E-state index is 0.0479. The second-order valence-electron chi connectivity index (χ2n) is 6.82. The maximum Gasteiger partial charge on any atom is 0.243 e. The predicted octanol–water partition coefficient (Wildman–Crippen LogP) is 5.04. The largest absolute Gasteiger partial charge is 0.494 e. The zero-order valence-electron chi connectivity index (χ0n) is 17.3. The lowest BCUT2D eigenvalue weighted by molar-refractivity contribution is -0.116. The Balaban J connectivity index is 1.75. The fourth-order valence-electron chi connectivity index (χ4n) is 2.70. The van der Waals surface area contributed by atoms with E-state index in [0.717, 1.165) is 23.5 Å². The van der Waals surface area contributed by atoms with Crippen molar-refractivity contribution in [3.05, 3.63) is 48.5 Å². The van der Waals surface area contributed by atoms with Crippen LogP contribution in [0.3, 0.4) is 0 Å². The Hall–Kier alpha value is -3.02. The molecule has 0 fully saturated rings. The van der Waals surface area contributed by atoms with Crippen LogP contribution in [-0.2, 0) is 9.59 Å². The van der Waals surface area contributed by atoms with Crippen molar-refractivity contribution in [2.24, 2.45) is 0 Å². The van der Waals surface area contributed by atoms with E-state index >= 15 is 0 Å². The first-order valence-corrected chi connectivity index (χ1v) is 10.3. The minimum atomic E-state index is -0.152. The van der Waals surface area contributed by atoms with Gasteiger partial charge in [-0.25, -0.2) is 0 Å². The monoisotopic (exact) mass is 397 g/mol. The van der Waals surface area contributed by atoms with Gasteiger partial charge in [0, 0.05) is 23.5 Å². The molecular formula is C23H31N3O3. The van der Waals surface area contributed by atoms with Gasteiger partial charge in [0.25, 0.3) is 0 Å². The molecule has 2 rings (SSSR count). The Morgan fingerprint density at radius 3 is 2.28 bits per heavy atom. The highest BCUT2D eigenvalue weighted by Gasteiger charge is 2.04. The van der Waals surface area contributed by atoms with Crippen LogP contribution >= 0.6 is 0 Å². The van der Waals surface area contributed by atoms with Crippen LogP contribution in [0, 0.1) is 0 Å². The average molecular weight is 398 g/mol. The zero-order chi connectivity index (χ0) is 20.9. The van der Waals surface area contributed by atoms with E-state index in [4.69, 9.17) is 4.74 Å². The maximum atomic E-state index is 12.2. The van der Waals surface area contributed by atoms with Gasteiger partial charge in [0.2, 0.25) is 11.8 Å². The Bertz CT molecular complexity index is 775. The maximum absolute atomic E-state index is 12.2. The molecule has 0 aliphatic rings. The molecule has 3 N–H and O–H groups in total. The fraction of sp³-hybridized carbons (Fsp3) is 0.391. The molecule has 0 unspecified atom stereocenters. The molecule has 29 heavy (non-hydrogen) atoms. The lowest BCUT2D eigenvalue weighted by Crippen LogP contribution is -2.21. The number of rotatable bonds is 12. The third-order valence-electron chi connectivity index (χ3n) is 4.33. The summed E-state index contributed by atoms with van der Waals surface area (Å²) in [6.07, 6.45) is 5.11. The first kappa shape index (κ1) is 22.3. The third kappa shape index (κ3) is 8.68. The van der Waals surface area contributed by atoms with E-state index < -0.39 is 0 Å². The SMILES string of the molecule is CCCCCCOc1ccc(NC(=O)CNc2cccc(NC(=O)CC)c2)cc1. The number of carbonyl (C=O) groups is 2. The van der Waals surface area contributed by atoms with E-state index in [0.29, 0.717) is 18.7 Å². The lowest BCUT2D eigenvalue weighted by atomic mass is 10.2. The number of nitrogens with one attached hydrogen (secondary N) is 3. The zero-order valence-corrected chi connectivity index (χ0v) is 17.3. The summed E-state index contributed by atoms with van der Waals surface area (Å²) in [7, 11) is 0. The van der Waals surface area contributed by atoms with Crippen LogP contribution in [-0.4, -0.2) is 25.0 Å². The molecule has 156 valence electrons. The lowest BCUT2D eigenvalue weighted by Gasteiger charge is -2.10. The van der Waals surface area contributed by atoms with Gasteiger partial charge in [-0.15, -0.1) is 0 Å². The summed E-state index contributed by atoms with van der Waals surface area (Å²) in [6.45, 7) is 4.83. The number of benzene rings is 2. The Morgan fingerprint density at radius 2 is 1.55 bits per heavy atom. The molecular weight excluding hydrogens is 366 g/mol. The normalized spacial score (nSPS) is 10.3. The van der Waals surface area contributed by atoms with Gasteiger partial charge in [0.05, 0.1) is 13.2 Å². The van der Waals surface area contributed by atoms with Gasteiger partial charge < -0.3 is 20.7 Å². The number of amides is 2. The number of carbonyl (C=O) groups excluding carboxylic acids is 2. The van der Waals surface area contributed by atoms with Crippen molar-refractivity contribution >= 4 is 28.9 Å². The van der Waals surface area contributed by atoms with Crippen molar-refractivity contribution in [3.8, 4) is 5.75 Å². The summed E-state index contributed by atoms with van der Waals surface area (Å²) in [5.41, 5.74) is 2.19. The van der Waals surface area contributed by atoms with Crippen LogP contribution in [0.5, 0.6) is 5.75 Å². The summed E-state index contributed by atoms with van der Waals surface area (Å²) in [5.74, 6) is 0.609. The molecule has 0 saturated carbocycles. The van der Waals surface area contributed by atoms with Crippen molar-refractivity contribution in [2.75, 3.05) is 29.1 Å². The van der Waals surface area contributed by atoms with Crippen LogP contribution in [0.4, 0.5) is 17.1 Å². The van der Waals surface area contributed by atoms with Crippen molar-refractivity contribution in [1.82, 2.24) is 0 Å². The summed E-state index contributed by atoms with van der Waals surface area (Å²) < 4.78 is 5.71. The number of anilines is 3. The highest BCUT2D eigenvalue weighted by molar-refractivity contribution is 5.94. The number of hydrogen-bond donors (Lipinski definition) is 3. The summed E-state index contributed by atoms with van der Waals surface area (Å²) in [4.78, 5) is 23.7. The molecule has 0 spiro atoms. The van der Waals surface area contributed by atoms with Crippen LogP contribution < -0.4 is 20.7 Å². The molecule has 0 atom stereocenters. The van der Waals surface area contributed by atoms with E-state index in [2.05, 4.69) is 22.9 Å². The van der Waals surface area contributed by atoms with Crippen LogP contribution in [0.15, 0.2) is 48.5 Å². The van der Waals surface area contributed by atoms with Crippen molar-refractivity contribution in [3.63, 3.8) is 0 Å². The Morgan fingerprint density at radius 1 is 0.828 bits per heavy atom. The van der Waals surface area contributed by atoms with Gasteiger partial charge in [-0.3, -0.25) is 9.59 Å². The molecule has 0 radical (unpaired) electrons. The summed E-state index contributed by atoms with van der Waals surface area (Å²) >= 11 is 0. The highest BCUT2D eigenvalue weighted by atomic mass is 16.5. The second kappa shape index (κ2) is 12.4. The van der Waals surface area contributed by atoms with E-state index in [1.54, 1.807) is 13.0 Å². The molecule has 0 aliphatic carbocycles. The van der Waals surface area contributed by atoms with Gasteiger partial charge in [-0.2, -0.15) is 0 Å². The molecule has 6 heteroatoms. The molecule has 2 amide bonds. The standard InChI is InChI=1S/C23H31N3O3/c1-3-5-6-7-15-29-21-13-11-18(12-14-21)25-23(28)17-24-19-9-8-10-20(16-19)26-22(27)4-2/h8-14,16,24H,3-7,15,17H2,1-2H3,(H,25,28)(H,26,27). The second-order valence-corrected chi connectivity index (χ2v) is 6.82. The average Bonchev–Trinajstić information content (AvgIpc) is 2.73. The highest BCUT2D eigenvalue weighted by Crippen LogP contribution is 2.17. The molecule has 0 heterocycles. The van der Waals surface area contributed by atoms with E-state index in [9.17, 15) is 9.59 Å². The molecule has 6 nitrogen and oxygen atoms in total. The van der Waals surface area contributed by atoms with E-state index in [1.165, 1.54) is 19.3 Å². The van der Waals surface area contributed by atoms with Crippen LogP contribution in [0.1, 0.15) is 46.0 Å². The van der Waals surface area contributed by atoms with Crippen molar-refractivity contribution < 1.29 is 14.3 Å². The smallest absolute Gasteiger partial charge is 0.243 e. The molecule has 2 aromatic carbocycles. The van der Waals surface area contributed by atoms with Crippen molar-refractivity contribution in [2.45, 2.75) is 46.0 Å². The first-order valence-electron chi connectivity index (χ1n) is 10.3. The first-order chi connectivity index (χ1) is 14.1. The van der Waals surface area contributed by atoms with Gasteiger partial charge >= 0.3 is 0 Å². The van der Waals surface area contributed by atoms with E-state index in [-0.39, 0.29) is 18.4 Å².